The number of hydrogen-bond donors (Lipinski definition) is 1. The fourth-order valence-corrected chi connectivity index (χ4v) is 1.97. The van der Waals surface area contributed by atoms with Crippen molar-refractivity contribution in [2.24, 2.45) is 5.92 Å². The average molecular weight is 300 g/mol. The third-order valence-electron chi connectivity index (χ3n) is 3.03. The lowest BCUT2D eigenvalue weighted by atomic mass is 9.93. The van der Waals surface area contributed by atoms with Gasteiger partial charge in [0.1, 0.15) is 0 Å². The number of alkyl halides is 3. The lowest BCUT2D eigenvalue weighted by Crippen LogP contribution is -2.23. The molecule has 1 atom stereocenters. The van der Waals surface area contributed by atoms with Crippen molar-refractivity contribution < 1.29 is 22.7 Å². The number of carbonyl (C=O) groups excluding carboxylic acids is 1. The first-order valence-corrected chi connectivity index (χ1v) is 6.55. The van der Waals surface area contributed by atoms with Crippen LogP contribution in [0.15, 0.2) is 30.5 Å². The summed E-state index contributed by atoms with van der Waals surface area (Å²) < 4.78 is 40.4. The first kappa shape index (κ1) is 15.3. The van der Waals surface area contributed by atoms with E-state index in [1.807, 2.05) is 12.2 Å². The maximum Gasteiger partial charge on any atom is 0.422 e. The molecule has 114 valence electrons. The van der Waals surface area contributed by atoms with Gasteiger partial charge in [0, 0.05) is 12.0 Å². The summed E-state index contributed by atoms with van der Waals surface area (Å²) in [4.78, 5) is 15.7. The predicted octanol–water partition coefficient (Wildman–Crippen LogP) is 3.32. The van der Waals surface area contributed by atoms with Crippen molar-refractivity contribution in [1.29, 1.82) is 0 Å². The molecule has 0 fully saturated rings. The highest BCUT2D eigenvalue weighted by molar-refractivity contribution is 5.92. The van der Waals surface area contributed by atoms with Crippen LogP contribution in [0, 0.1) is 5.92 Å². The third-order valence-corrected chi connectivity index (χ3v) is 3.03. The van der Waals surface area contributed by atoms with Gasteiger partial charge in [-0.2, -0.15) is 13.2 Å². The molecule has 1 heterocycles. The van der Waals surface area contributed by atoms with E-state index >= 15 is 0 Å². The van der Waals surface area contributed by atoms with Crippen LogP contribution in [0.2, 0.25) is 0 Å². The Hall–Kier alpha value is -2.05. The average Bonchev–Trinajstić information content (AvgIpc) is 2.46. The minimum absolute atomic E-state index is 0.0730. The number of rotatable bonds is 4. The van der Waals surface area contributed by atoms with Crippen LogP contribution in [-0.4, -0.2) is 23.7 Å². The molecule has 1 aromatic rings. The fourth-order valence-electron chi connectivity index (χ4n) is 1.97. The van der Waals surface area contributed by atoms with Gasteiger partial charge in [-0.3, -0.25) is 4.79 Å². The van der Waals surface area contributed by atoms with Crippen LogP contribution in [-0.2, 0) is 4.79 Å². The smallest absolute Gasteiger partial charge is 0.422 e. The Morgan fingerprint density at radius 3 is 2.76 bits per heavy atom. The van der Waals surface area contributed by atoms with E-state index in [2.05, 4.69) is 15.0 Å². The molecular weight excluding hydrogens is 285 g/mol. The molecule has 1 amide bonds. The highest BCUT2D eigenvalue weighted by Gasteiger charge is 2.28. The third kappa shape index (κ3) is 5.09. The van der Waals surface area contributed by atoms with Gasteiger partial charge in [0.05, 0.1) is 11.9 Å². The molecular formula is C14H15F3N2O2. The Kier molecular flexibility index (Phi) is 4.82. The number of pyridine rings is 1. The first-order chi connectivity index (χ1) is 9.94. The van der Waals surface area contributed by atoms with Gasteiger partial charge in [-0.25, -0.2) is 4.98 Å². The summed E-state index contributed by atoms with van der Waals surface area (Å²) in [7, 11) is 0. The van der Waals surface area contributed by atoms with Crippen molar-refractivity contribution in [2.75, 3.05) is 11.9 Å². The van der Waals surface area contributed by atoms with Crippen LogP contribution in [0.5, 0.6) is 5.88 Å². The van der Waals surface area contributed by atoms with Gasteiger partial charge in [0.2, 0.25) is 11.8 Å². The number of carbonyl (C=O) groups is 1. The van der Waals surface area contributed by atoms with Gasteiger partial charge in [0.15, 0.2) is 6.61 Å². The van der Waals surface area contributed by atoms with E-state index in [0.717, 1.165) is 12.8 Å². The van der Waals surface area contributed by atoms with Gasteiger partial charge in [-0.1, -0.05) is 12.2 Å². The quantitative estimate of drug-likeness (QED) is 0.868. The molecule has 0 spiro atoms. The zero-order valence-electron chi connectivity index (χ0n) is 11.2. The van der Waals surface area contributed by atoms with E-state index in [1.54, 1.807) is 0 Å². The Balaban J connectivity index is 1.87. The molecule has 0 radical (unpaired) electrons. The molecule has 0 aliphatic heterocycles. The summed E-state index contributed by atoms with van der Waals surface area (Å²) in [5.41, 5.74) is 0.439. The summed E-state index contributed by atoms with van der Waals surface area (Å²) >= 11 is 0. The predicted molar refractivity (Wildman–Crippen MR) is 70.9 cm³/mol. The second-order valence-electron chi connectivity index (χ2n) is 4.76. The van der Waals surface area contributed by atoms with Gasteiger partial charge < -0.3 is 10.1 Å². The molecule has 7 heteroatoms. The lowest BCUT2D eigenvalue weighted by Gasteiger charge is -2.17. The number of nitrogens with zero attached hydrogens (tertiary/aromatic N) is 1. The van der Waals surface area contributed by atoms with Gasteiger partial charge >= 0.3 is 6.18 Å². The Morgan fingerprint density at radius 1 is 1.38 bits per heavy atom. The van der Waals surface area contributed by atoms with Crippen LogP contribution in [0.4, 0.5) is 18.9 Å². The normalized spacial score (nSPS) is 18.3. The minimum atomic E-state index is -4.40. The second kappa shape index (κ2) is 6.60. The van der Waals surface area contributed by atoms with Crippen LogP contribution < -0.4 is 10.1 Å². The van der Waals surface area contributed by atoms with Crippen molar-refractivity contribution >= 4 is 11.6 Å². The highest BCUT2D eigenvalue weighted by atomic mass is 19.4. The van der Waals surface area contributed by atoms with Crippen molar-refractivity contribution in [3.8, 4) is 5.88 Å². The number of halogens is 3. The van der Waals surface area contributed by atoms with Crippen molar-refractivity contribution in [2.45, 2.75) is 25.4 Å². The molecule has 1 N–H and O–H groups in total. The van der Waals surface area contributed by atoms with E-state index in [1.165, 1.54) is 18.3 Å². The lowest BCUT2D eigenvalue weighted by molar-refractivity contribution is -0.154. The molecule has 4 nitrogen and oxygen atoms in total. The summed E-state index contributed by atoms with van der Waals surface area (Å²) in [5, 5.41) is 2.70. The first-order valence-electron chi connectivity index (χ1n) is 6.55. The zero-order chi connectivity index (χ0) is 15.3. The van der Waals surface area contributed by atoms with Crippen molar-refractivity contribution in [3.63, 3.8) is 0 Å². The number of allylic oxidation sites excluding steroid dienone is 2. The molecule has 0 bridgehead atoms. The molecule has 1 aliphatic rings. The maximum absolute atomic E-state index is 12.0. The molecule has 1 aromatic heterocycles. The zero-order valence-corrected chi connectivity index (χ0v) is 11.2. The summed E-state index contributed by atoms with van der Waals surface area (Å²) in [6.07, 6.45) is 3.26. The SMILES string of the molecule is O=C(Nc1ccc(OCC(F)(F)F)nc1)C1CC=CCC1. The summed E-state index contributed by atoms with van der Waals surface area (Å²) in [5.74, 6) is -0.313. The Morgan fingerprint density at radius 2 is 2.19 bits per heavy atom. The number of nitrogens with one attached hydrogen (secondary N) is 1. The minimum Gasteiger partial charge on any atom is -0.468 e. The number of hydrogen-bond acceptors (Lipinski definition) is 3. The molecule has 1 unspecified atom stereocenters. The maximum atomic E-state index is 12.0. The molecule has 1 aliphatic carbocycles. The van der Waals surface area contributed by atoms with Crippen molar-refractivity contribution in [3.05, 3.63) is 30.5 Å². The summed E-state index contributed by atoms with van der Waals surface area (Å²) in [6.45, 7) is -1.39. The van der Waals surface area contributed by atoms with E-state index in [-0.39, 0.29) is 17.7 Å². The van der Waals surface area contributed by atoms with E-state index in [0.29, 0.717) is 12.1 Å². The van der Waals surface area contributed by atoms with Gasteiger partial charge in [-0.05, 0) is 25.3 Å². The Labute approximate surface area is 120 Å². The Bertz CT molecular complexity index is 512. The summed E-state index contributed by atoms with van der Waals surface area (Å²) in [6, 6.07) is 2.76. The van der Waals surface area contributed by atoms with Crippen molar-refractivity contribution in [1.82, 2.24) is 4.98 Å². The molecule has 0 saturated carbocycles. The number of amides is 1. The molecule has 2 rings (SSSR count). The van der Waals surface area contributed by atoms with Crippen LogP contribution in [0.25, 0.3) is 0 Å². The molecule has 0 saturated heterocycles. The van der Waals surface area contributed by atoms with E-state index in [4.69, 9.17) is 0 Å². The van der Waals surface area contributed by atoms with Crippen LogP contribution >= 0.6 is 0 Å². The second-order valence-corrected chi connectivity index (χ2v) is 4.76. The number of anilines is 1. The monoisotopic (exact) mass is 300 g/mol. The van der Waals surface area contributed by atoms with Crippen LogP contribution in [0.1, 0.15) is 19.3 Å². The van der Waals surface area contributed by atoms with E-state index < -0.39 is 12.8 Å². The fraction of sp³-hybridized carbons (Fsp3) is 0.429. The molecule has 21 heavy (non-hydrogen) atoms. The topological polar surface area (TPSA) is 51.2 Å². The van der Waals surface area contributed by atoms with Gasteiger partial charge in [0.25, 0.3) is 0 Å². The molecule has 0 aromatic carbocycles. The number of ether oxygens (including phenoxy) is 1. The van der Waals surface area contributed by atoms with E-state index in [9.17, 15) is 18.0 Å². The highest BCUT2D eigenvalue weighted by Crippen LogP contribution is 2.21. The van der Waals surface area contributed by atoms with Crippen LogP contribution in [0.3, 0.4) is 0 Å². The number of aromatic nitrogens is 1. The van der Waals surface area contributed by atoms with Gasteiger partial charge in [-0.15, -0.1) is 0 Å². The standard InChI is InChI=1S/C14H15F3N2O2/c15-14(16,17)9-21-12-7-6-11(8-18-12)19-13(20)10-4-2-1-3-5-10/h1-2,6-8,10H,3-5,9H2,(H,19,20). The largest absolute Gasteiger partial charge is 0.468 e.